The zero-order chi connectivity index (χ0) is 13.0. The van der Waals surface area contributed by atoms with Crippen LogP contribution in [0.4, 0.5) is 0 Å². The average Bonchev–Trinajstić information content (AvgIpc) is 2.30. The number of ether oxygens (including phenoxy) is 2. The molecule has 1 aliphatic heterocycles. The van der Waals surface area contributed by atoms with Crippen molar-refractivity contribution in [1.82, 2.24) is 0 Å². The van der Waals surface area contributed by atoms with Crippen LogP contribution < -0.4 is 0 Å². The van der Waals surface area contributed by atoms with Crippen LogP contribution in [-0.2, 0) is 19.1 Å². The van der Waals surface area contributed by atoms with E-state index < -0.39 is 0 Å². The van der Waals surface area contributed by atoms with Crippen LogP contribution in [0.15, 0.2) is 12.2 Å². The van der Waals surface area contributed by atoms with Crippen LogP contribution >= 0.6 is 0 Å². The van der Waals surface area contributed by atoms with E-state index in [0.717, 1.165) is 6.42 Å². The lowest BCUT2D eigenvalue weighted by atomic mass is 9.84. The van der Waals surface area contributed by atoms with Gasteiger partial charge in [0, 0.05) is 12.0 Å². The van der Waals surface area contributed by atoms with Crippen LogP contribution in [0.5, 0.6) is 0 Å². The van der Waals surface area contributed by atoms with Crippen molar-refractivity contribution in [3.8, 4) is 0 Å². The fourth-order valence-corrected chi connectivity index (χ4v) is 2.19. The molecule has 0 unspecified atom stereocenters. The molecule has 0 bridgehead atoms. The van der Waals surface area contributed by atoms with Crippen molar-refractivity contribution in [2.75, 3.05) is 7.11 Å². The predicted octanol–water partition coefficient (Wildman–Crippen LogP) is 1.94. The van der Waals surface area contributed by atoms with Gasteiger partial charge in [0.05, 0.1) is 13.0 Å². The number of cyclic esters (lactones) is 1. The number of hydrogen-bond donors (Lipinski definition) is 0. The Morgan fingerprint density at radius 3 is 2.76 bits per heavy atom. The largest absolute Gasteiger partial charge is 0.466 e. The van der Waals surface area contributed by atoms with Gasteiger partial charge >= 0.3 is 11.9 Å². The van der Waals surface area contributed by atoms with Crippen molar-refractivity contribution >= 4 is 11.9 Å². The summed E-state index contributed by atoms with van der Waals surface area (Å²) in [4.78, 5) is 22.5. The van der Waals surface area contributed by atoms with E-state index in [4.69, 9.17) is 4.74 Å². The van der Waals surface area contributed by atoms with E-state index in [-0.39, 0.29) is 29.9 Å². The first-order valence-electron chi connectivity index (χ1n) is 5.92. The molecule has 0 radical (unpaired) electrons. The lowest BCUT2D eigenvalue weighted by molar-refractivity contribution is -0.166. The van der Waals surface area contributed by atoms with Gasteiger partial charge in [-0.1, -0.05) is 26.8 Å². The third-order valence-corrected chi connectivity index (χ3v) is 3.20. The van der Waals surface area contributed by atoms with Crippen LogP contribution in [0, 0.1) is 17.8 Å². The van der Waals surface area contributed by atoms with Crippen LogP contribution in [-0.4, -0.2) is 25.2 Å². The molecule has 1 fully saturated rings. The molecule has 17 heavy (non-hydrogen) atoms. The van der Waals surface area contributed by atoms with Crippen molar-refractivity contribution in [2.24, 2.45) is 17.8 Å². The maximum absolute atomic E-state index is 11.5. The minimum absolute atomic E-state index is 0.0144. The third-order valence-electron chi connectivity index (χ3n) is 3.20. The van der Waals surface area contributed by atoms with E-state index >= 15 is 0 Å². The molecule has 0 aromatic carbocycles. The SMILES string of the molecule is COC(=O)/C=C/[C@H](C)[C@H]1OC(=O)[C@H](C)C[C@@H]1C. The minimum atomic E-state index is -0.389. The number of esters is 2. The molecule has 0 aromatic rings. The van der Waals surface area contributed by atoms with Crippen molar-refractivity contribution in [2.45, 2.75) is 33.3 Å². The Morgan fingerprint density at radius 2 is 2.18 bits per heavy atom. The lowest BCUT2D eigenvalue weighted by Crippen LogP contribution is -2.39. The van der Waals surface area contributed by atoms with Crippen molar-refractivity contribution in [3.63, 3.8) is 0 Å². The summed E-state index contributed by atoms with van der Waals surface area (Å²) in [6.45, 7) is 5.88. The summed E-state index contributed by atoms with van der Waals surface area (Å²) in [5.41, 5.74) is 0. The highest BCUT2D eigenvalue weighted by Gasteiger charge is 2.35. The minimum Gasteiger partial charge on any atom is -0.466 e. The number of hydrogen-bond acceptors (Lipinski definition) is 4. The molecule has 0 spiro atoms. The maximum Gasteiger partial charge on any atom is 0.330 e. The second-order valence-electron chi connectivity index (χ2n) is 4.76. The number of carbonyl (C=O) groups is 2. The monoisotopic (exact) mass is 240 g/mol. The molecule has 0 saturated carbocycles. The molecule has 0 N–H and O–H groups in total. The predicted molar refractivity (Wildman–Crippen MR) is 63.1 cm³/mol. The molecular formula is C13H20O4. The van der Waals surface area contributed by atoms with Gasteiger partial charge in [0.1, 0.15) is 6.10 Å². The number of methoxy groups -OCH3 is 1. The first-order chi connectivity index (χ1) is 7.95. The van der Waals surface area contributed by atoms with E-state index in [0.29, 0.717) is 5.92 Å². The molecule has 0 aromatic heterocycles. The highest BCUT2D eigenvalue weighted by Crippen LogP contribution is 2.30. The fourth-order valence-electron chi connectivity index (χ4n) is 2.19. The zero-order valence-corrected chi connectivity index (χ0v) is 10.8. The Kier molecular flexibility index (Phi) is 4.73. The zero-order valence-electron chi connectivity index (χ0n) is 10.8. The topological polar surface area (TPSA) is 52.6 Å². The average molecular weight is 240 g/mol. The van der Waals surface area contributed by atoms with E-state index in [2.05, 4.69) is 11.7 Å². The Balaban J connectivity index is 2.62. The Bertz CT molecular complexity index is 321. The molecule has 96 valence electrons. The van der Waals surface area contributed by atoms with E-state index in [1.54, 1.807) is 6.08 Å². The standard InChI is InChI=1S/C13H20O4/c1-8(5-6-11(14)16-4)12-9(2)7-10(3)13(15)17-12/h5-6,8-10,12H,7H2,1-4H3/b6-5+/t8-,9-,10+,12+/m0/s1. The van der Waals surface area contributed by atoms with Crippen molar-refractivity contribution in [1.29, 1.82) is 0 Å². The van der Waals surface area contributed by atoms with Crippen molar-refractivity contribution in [3.05, 3.63) is 12.2 Å². The molecule has 1 aliphatic rings. The van der Waals surface area contributed by atoms with Crippen LogP contribution in [0.25, 0.3) is 0 Å². The first kappa shape index (κ1) is 13.7. The summed E-state index contributed by atoms with van der Waals surface area (Å²) in [5.74, 6) is -0.245. The molecule has 1 rings (SSSR count). The molecule has 0 amide bonds. The van der Waals surface area contributed by atoms with Gasteiger partial charge in [-0.05, 0) is 12.3 Å². The fraction of sp³-hybridized carbons (Fsp3) is 0.692. The highest BCUT2D eigenvalue weighted by atomic mass is 16.5. The van der Waals surface area contributed by atoms with Crippen LogP contribution in [0.1, 0.15) is 27.2 Å². The van der Waals surface area contributed by atoms with Crippen molar-refractivity contribution < 1.29 is 19.1 Å². The molecule has 1 heterocycles. The normalized spacial score (nSPS) is 31.1. The van der Waals surface area contributed by atoms with Gasteiger partial charge in [0.25, 0.3) is 0 Å². The quantitative estimate of drug-likeness (QED) is 0.559. The molecule has 4 nitrogen and oxygen atoms in total. The van der Waals surface area contributed by atoms with Crippen LogP contribution in [0.2, 0.25) is 0 Å². The summed E-state index contributed by atoms with van der Waals surface area (Å²) >= 11 is 0. The number of rotatable bonds is 3. The molecule has 4 heteroatoms. The summed E-state index contributed by atoms with van der Waals surface area (Å²) in [6.07, 6.45) is 3.79. The Hall–Kier alpha value is -1.32. The van der Waals surface area contributed by atoms with E-state index in [1.807, 2.05) is 13.8 Å². The third kappa shape index (κ3) is 3.58. The molecule has 0 aliphatic carbocycles. The van der Waals surface area contributed by atoms with E-state index in [1.165, 1.54) is 13.2 Å². The first-order valence-corrected chi connectivity index (χ1v) is 5.92. The number of carbonyl (C=O) groups excluding carboxylic acids is 2. The molecular weight excluding hydrogens is 220 g/mol. The van der Waals surface area contributed by atoms with Crippen LogP contribution in [0.3, 0.4) is 0 Å². The van der Waals surface area contributed by atoms with Gasteiger partial charge in [-0.3, -0.25) is 4.79 Å². The Labute approximate surface area is 102 Å². The molecule has 4 atom stereocenters. The van der Waals surface area contributed by atoms with Gasteiger partial charge in [-0.25, -0.2) is 4.79 Å². The lowest BCUT2D eigenvalue weighted by Gasteiger charge is -2.34. The highest BCUT2D eigenvalue weighted by molar-refractivity contribution is 5.81. The van der Waals surface area contributed by atoms with Gasteiger partial charge < -0.3 is 9.47 Å². The summed E-state index contributed by atoms with van der Waals surface area (Å²) in [7, 11) is 1.34. The summed E-state index contributed by atoms with van der Waals surface area (Å²) < 4.78 is 9.92. The summed E-state index contributed by atoms with van der Waals surface area (Å²) in [5, 5.41) is 0. The van der Waals surface area contributed by atoms with E-state index in [9.17, 15) is 9.59 Å². The van der Waals surface area contributed by atoms with Gasteiger partial charge in [-0.15, -0.1) is 0 Å². The van der Waals surface area contributed by atoms with Gasteiger partial charge in [0.2, 0.25) is 0 Å². The van der Waals surface area contributed by atoms with Gasteiger partial charge in [-0.2, -0.15) is 0 Å². The maximum atomic E-state index is 11.5. The second kappa shape index (κ2) is 5.84. The molecule has 1 saturated heterocycles. The Morgan fingerprint density at radius 1 is 1.53 bits per heavy atom. The van der Waals surface area contributed by atoms with Gasteiger partial charge in [0.15, 0.2) is 0 Å². The smallest absolute Gasteiger partial charge is 0.330 e. The summed E-state index contributed by atoms with van der Waals surface area (Å²) in [6, 6.07) is 0. The second-order valence-corrected chi connectivity index (χ2v) is 4.76.